The van der Waals surface area contributed by atoms with Gasteiger partial charge in [-0.3, -0.25) is 4.57 Å². The monoisotopic (exact) mass is 467 g/mol. The third kappa shape index (κ3) is 3.61. The van der Waals surface area contributed by atoms with Crippen molar-refractivity contribution in [1.82, 2.24) is 9.55 Å². The van der Waals surface area contributed by atoms with E-state index in [1.54, 1.807) is 0 Å². The van der Waals surface area contributed by atoms with Crippen molar-refractivity contribution in [3.05, 3.63) is 78.4 Å². The van der Waals surface area contributed by atoms with Crippen molar-refractivity contribution in [2.75, 3.05) is 6.61 Å². The molecule has 6 heteroatoms. The van der Waals surface area contributed by atoms with Crippen molar-refractivity contribution in [3.63, 3.8) is 0 Å². The molecule has 1 fully saturated rings. The Hall–Kier alpha value is -3.61. The second-order valence-corrected chi connectivity index (χ2v) is 9.85. The van der Waals surface area contributed by atoms with Gasteiger partial charge in [-0.1, -0.05) is 60.7 Å². The molecule has 2 heterocycles. The molecule has 0 amide bonds. The Morgan fingerprint density at radius 3 is 2.43 bits per heavy atom. The Bertz CT molecular complexity index is 1380. The molecule has 1 aliphatic carbocycles. The van der Waals surface area contributed by atoms with Crippen LogP contribution in [0.5, 0.6) is 11.5 Å². The lowest BCUT2D eigenvalue weighted by molar-refractivity contribution is -0.0738. The van der Waals surface area contributed by atoms with Crippen LogP contribution in [-0.4, -0.2) is 26.9 Å². The van der Waals surface area contributed by atoms with Crippen LogP contribution in [0.4, 0.5) is 0 Å². The van der Waals surface area contributed by atoms with E-state index in [2.05, 4.69) is 41.0 Å². The van der Waals surface area contributed by atoms with Crippen molar-refractivity contribution in [2.45, 2.75) is 44.6 Å². The second-order valence-electron chi connectivity index (χ2n) is 9.85. The van der Waals surface area contributed by atoms with Crippen LogP contribution in [-0.2, 0) is 12.3 Å². The van der Waals surface area contributed by atoms with Crippen LogP contribution in [0, 0.1) is 0 Å². The van der Waals surface area contributed by atoms with Crippen LogP contribution in [0.3, 0.4) is 0 Å². The summed E-state index contributed by atoms with van der Waals surface area (Å²) in [4.78, 5) is 5.16. The Labute approximate surface area is 205 Å². The lowest BCUT2D eigenvalue weighted by atomic mass is 9.63. The highest BCUT2D eigenvalue weighted by Crippen LogP contribution is 2.48. The zero-order valence-electron chi connectivity index (χ0n) is 20.0. The summed E-state index contributed by atoms with van der Waals surface area (Å²) in [5, 5.41) is 10.2. The van der Waals surface area contributed by atoms with Gasteiger partial charge in [-0.05, 0) is 44.4 Å². The summed E-state index contributed by atoms with van der Waals surface area (Å²) in [6.07, 6.45) is 1.11. The molecule has 178 valence electrons. The van der Waals surface area contributed by atoms with Gasteiger partial charge in [-0.15, -0.1) is 0 Å². The predicted octanol–water partition coefficient (Wildman–Crippen LogP) is 5.33. The number of imidazole rings is 1. The van der Waals surface area contributed by atoms with Crippen molar-refractivity contribution in [1.29, 1.82) is 0 Å². The van der Waals surface area contributed by atoms with E-state index in [0.29, 0.717) is 26.2 Å². The molecular weight excluding hydrogens is 438 g/mol. The fourth-order valence-corrected chi connectivity index (χ4v) is 5.59. The topological polar surface area (TPSA) is 82.5 Å². The first kappa shape index (κ1) is 21.9. The third-order valence-electron chi connectivity index (χ3n) is 7.00. The fourth-order valence-electron chi connectivity index (χ4n) is 5.59. The number of fused-ring (bicyclic) bond motifs is 3. The smallest absolute Gasteiger partial charge is 0.167 e. The number of nitrogens with zero attached hydrogens (tertiary/aromatic N) is 2. The molecule has 2 aliphatic rings. The molecule has 0 spiro atoms. The van der Waals surface area contributed by atoms with E-state index in [9.17, 15) is 5.11 Å². The Kier molecular flexibility index (Phi) is 4.99. The lowest BCUT2D eigenvalue weighted by Gasteiger charge is -2.49. The number of hydrogen-bond donors (Lipinski definition) is 2. The maximum absolute atomic E-state index is 10.2. The first-order valence-corrected chi connectivity index (χ1v) is 12.1. The number of aromatic nitrogens is 2. The third-order valence-corrected chi connectivity index (χ3v) is 7.00. The predicted molar refractivity (Wildman–Crippen MR) is 136 cm³/mol. The Morgan fingerprint density at radius 1 is 1.00 bits per heavy atom. The standard InChI is InChI=1S/C29H29N3O3/c1-3-34-22-10-7-11-23-24(22)27-31-25(26(32(27)18-35-23)20-8-5-4-6-9-20)19-12-14-21(15-13-19)29(30)16-28(2,33)17-29/h4-15,33H,3,16-18,30H2,1-2H3/t28-,29+. The number of benzene rings is 3. The van der Waals surface area contributed by atoms with Gasteiger partial charge < -0.3 is 20.3 Å². The molecule has 3 N–H and O–H groups in total. The van der Waals surface area contributed by atoms with Gasteiger partial charge in [-0.2, -0.15) is 0 Å². The summed E-state index contributed by atoms with van der Waals surface area (Å²) in [5.74, 6) is 2.37. The lowest BCUT2D eigenvalue weighted by Crippen LogP contribution is -2.58. The van der Waals surface area contributed by atoms with Crippen molar-refractivity contribution >= 4 is 0 Å². The molecule has 0 bridgehead atoms. The normalized spacial score (nSPS) is 22.5. The van der Waals surface area contributed by atoms with Gasteiger partial charge in [0.15, 0.2) is 12.6 Å². The first-order chi connectivity index (χ1) is 16.9. The molecule has 6 rings (SSSR count). The SMILES string of the molecule is CCOc1cccc2c1-c1nc(-c3ccc([C@]4(N)C[C@@](C)(O)C4)cc3)c(-c3ccccc3)n1CO2. The van der Waals surface area contributed by atoms with Crippen LogP contribution in [0.1, 0.15) is 32.3 Å². The molecule has 0 unspecified atom stereocenters. The molecule has 6 nitrogen and oxygen atoms in total. The van der Waals surface area contributed by atoms with Crippen molar-refractivity contribution in [3.8, 4) is 45.4 Å². The molecule has 1 aliphatic heterocycles. The van der Waals surface area contributed by atoms with E-state index >= 15 is 0 Å². The number of ether oxygens (including phenoxy) is 2. The average Bonchev–Trinajstić information content (AvgIpc) is 3.23. The number of rotatable bonds is 5. The Morgan fingerprint density at radius 2 is 1.74 bits per heavy atom. The minimum atomic E-state index is -0.692. The summed E-state index contributed by atoms with van der Waals surface area (Å²) in [7, 11) is 0. The van der Waals surface area contributed by atoms with Gasteiger partial charge in [0, 0.05) is 16.7 Å². The van der Waals surface area contributed by atoms with Crippen LogP contribution < -0.4 is 15.2 Å². The van der Waals surface area contributed by atoms with Gasteiger partial charge in [0.25, 0.3) is 0 Å². The zero-order chi connectivity index (χ0) is 24.2. The number of hydrogen-bond acceptors (Lipinski definition) is 5. The van der Waals surface area contributed by atoms with E-state index in [1.807, 2.05) is 50.2 Å². The van der Waals surface area contributed by atoms with Gasteiger partial charge in [0.05, 0.1) is 23.6 Å². The van der Waals surface area contributed by atoms with Gasteiger partial charge in [0.1, 0.15) is 17.1 Å². The molecule has 0 saturated heterocycles. The number of aliphatic hydroxyl groups is 1. The van der Waals surface area contributed by atoms with Crippen LogP contribution in [0.2, 0.25) is 0 Å². The molecule has 35 heavy (non-hydrogen) atoms. The molecule has 0 atom stereocenters. The minimum Gasteiger partial charge on any atom is -0.493 e. The summed E-state index contributed by atoms with van der Waals surface area (Å²) in [6, 6.07) is 24.4. The van der Waals surface area contributed by atoms with Crippen LogP contribution in [0.25, 0.3) is 33.9 Å². The van der Waals surface area contributed by atoms with Gasteiger partial charge in [0.2, 0.25) is 0 Å². The summed E-state index contributed by atoms with van der Waals surface area (Å²) < 4.78 is 14.2. The quantitative estimate of drug-likeness (QED) is 0.414. The van der Waals surface area contributed by atoms with Gasteiger partial charge >= 0.3 is 0 Å². The highest BCUT2D eigenvalue weighted by molar-refractivity contribution is 5.85. The highest BCUT2D eigenvalue weighted by Gasteiger charge is 2.49. The van der Waals surface area contributed by atoms with Crippen molar-refractivity contribution < 1.29 is 14.6 Å². The zero-order valence-corrected chi connectivity index (χ0v) is 20.0. The maximum Gasteiger partial charge on any atom is 0.167 e. The molecule has 3 aromatic carbocycles. The Balaban J connectivity index is 1.50. The minimum absolute atomic E-state index is 0.369. The highest BCUT2D eigenvalue weighted by atomic mass is 16.5. The van der Waals surface area contributed by atoms with Gasteiger partial charge in [-0.25, -0.2) is 4.98 Å². The molecular formula is C29H29N3O3. The van der Waals surface area contributed by atoms with Crippen LogP contribution in [0.15, 0.2) is 72.8 Å². The molecule has 0 radical (unpaired) electrons. The average molecular weight is 468 g/mol. The second kappa shape index (κ2) is 7.97. The van der Waals surface area contributed by atoms with E-state index in [4.69, 9.17) is 20.2 Å². The summed E-state index contributed by atoms with van der Waals surface area (Å²) in [5.41, 5.74) is 11.2. The summed E-state index contributed by atoms with van der Waals surface area (Å²) in [6.45, 7) is 4.74. The number of nitrogens with two attached hydrogens (primary N) is 1. The molecule has 1 saturated carbocycles. The van der Waals surface area contributed by atoms with Crippen molar-refractivity contribution in [2.24, 2.45) is 5.73 Å². The van der Waals surface area contributed by atoms with E-state index in [-0.39, 0.29) is 0 Å². The maximum atomic E-state index is 10.2. The molecule has 1 aromatic heterocycles. The fraction of sp³-hybridized carbons (Fsp3) is 0.276. The molecule has 4 aromatic rings. The largest absolute Gasteiger partial charge is 0.493 e. The van der Waals surface area contributed by atoms with E-state index < -0.39 is 11.1 Å². The first-order valence-electron chi connectivity index (χ1n) is 12.1. The summed E-state index contributed by atoms with van der Waals surface area (Å²) >= 11 is 0. The van der Waals surface area contributed by atoms with E-state index in [0.717, 1.165) is 51.0 Å². The van der Waals surface area contributed by atoms with E-state index in [1.165, 1.54) is 0 Å². The van der Waals surface area contributed by atoms with Crippen LogP contribution >= 0.6 is 0 Å².